The molecule has 0 spiro atoms. The minimum Gasteiger partial charge on any atom is -0.341 e. The Morgan fingerprint density at radius 2 is 1.82 bits per heavy atom. The monoisotopic (exact) mass is 299 g/mol. The van der Waals surface area contributed by atoms with Crippen LogP contribution in [0.3, 0.4) is 0 Å². The van der Waals surface area contributed by atoms with E-state index in [9.17, 15) is 4.79 Å². The third kappa shape index (κ3) is 3.50. The van der Waals surface area contributed by atoms with Gasteiger partial charge in [0.25, 0.3) is 0 Å². The average Bonchev–Trinajstić information content (AvgIpc) is 2.95. The Hall–Kier alpha value is -2.24. The van der Waals surface area contributed by atoms with Gasteiger partial charge < -0.3 is 4.90 Å². The molecular formula is C16H21N5O. The molecule has 6 nitrogen and oxygen atoms in total. The molecule has 2 aromatic rings. The summed E-state index contributed by atoms with van der Waals surface area (Å²) >= 11 is 0. The zero-order valence-corrected chi connectivity index (χ0v) is 12.6. The van der Waals surface area contributed by atoms with Crippen LogP contribution in [0.4, 0.5) is 0 Å². The topological polar surface area (TPSA) is 63.9 Å². The number of hydrogen-bond acceptors (Lipinski definition) is 4. The molecule has 1 fully saturated rings. The third-order valence-electron chi connectivity index (χ3n) is 4.16. The zero-order chi connectivity index (χ0) is 15.2. The summed E-state index contributed by atoms with van der Waals surface area (Å²) in [5.41, 5.74) is 1.12. The fraction of sp³-hybridized carbons (Fsp3) is 0.500. The van der Waals surface area contributed by atoms with E-state index in [1.165, 1.54) is 19.2 Å². The zero-order valence-electron chi connectivity index (χ0n) is 12.6. The minimum absolute atomic E-state index is 0.123. The van der Waals surface area contributed by atoms with Crippen LogP contribution in [0.25, 0.3) is 0 Å². The van der Waals surface area contributed by atoms with E-state index in [1.807, 2.05) is 35.2 Å². The van der Waals surface area contributed by atoms with Gasteiger partial charge >= 0.3 is 0 Å². The fourth-order valence-corrected chi connectivity index (χ4v) is 2.94. The van der Waals surface area contributed by atoms with Crippen molar-refractivity contribution >= 4 is 5.91 Å². The van der Waals surface area contributed by atoms with Gasteiger partial charge in [0, 0.05) is 19.5 Å². The second-order valence-electron chi connectivity index (χ2n) is 5.73. The Bertz CT molecular complexity index is 576. The summed E-state index contributed by atoms with van der Waals surface area (Å²) in [6.45, 7) is 1.68. The first-order chi connectivity index (χ1) is 10.8. The number of carbonyl (C=O) groups excluding carboxylic acids is 1. The SMILES string of the molecule is O=C([C@@H](Cc1ccccc1)n1cnnn1)N1CCCCCC1. The number of rotatable bonds is 4. The van der Waals surface area contributed by atoms with Crippen molar-refractivity contribution in [1.82, 2.24) is 25.1 Å². The molecule has 6 heteroatoms. The highest BCUT2D eigenvalue weighted by atomic mass is 16.2. The van der Waals surface area contributed by atoms with E-state index in [1.54, 1.807) is 4.68 Å². The fourth-order valence-electron chi connectivity index (χ4n) is 2.94. The van der Waals surface area contributed by atoms with Crippen LogP contribution in [0.15, 0.2) is 36.7 Å². The van der Waals surface area contributed by atoms with Crippen LogP contribution in [0, 0.1) is 0 Å². The molecule has 0 radical (unpaired) electrons. The lowest BCUT2D eigenvalue weighted by Crippen LogP contribution is -2.39. The van der Waals surface area contributed by atoms with E-state index < -0.39 is 0 Å². The highest BCUT2D eigenvalue weighted by Gasteiger charge is 2.27. The van der Waals surface area contributed by atoms with Crippen LogP contribution in [0.1, 0.15) is 37.3 Å². The second kappa shape index (κ2) is 7.15. The Morgan fingerprint density at radius 1 is 1.09 bits per heavy atom. The molecule has 22 heavy (non-hydrogen) atoms. The number of carbonyl (C=O) groups is 1. The van der Waals surface area contributed by atoms with Crippen molar-refractivity contribution in [3.8, 4) is 0 Å². The van der Waals surface area contributed by atoms with Gasteiger partial charge in [0.1, 0.15) is 12.4 Å². The van der Waals surface area contributed by atoms with E-state index in [-0.39, 0.29) is 11.9 Å². The normalized spacial score (nSPS) is 17.0. The number of aromatic nitrogens is 4. The maximum Gasteiger partial charge on any atom is 0.247 e. The second-order valence-corrected chi connectivity index (χ2v) is 5.73. The molecule has 0 aliphatic carbocycles. The van der Waals surface area contributed by atoms with E-state index in [2.05, 4.69) is 15.5 Å². The summed E-state index contributed by atoms with van der Waals surface area (Å²) in [6.07, 6.45) is 6.72. The summed E-state index contributed by atoms with van der Waals surface area (Å²) in [4.78, 5) is 14.9. The first kappa shape index (κ1) is 14.7. The lowest BCUT2D eigenvalue weighted by Gasteiger charge is -2.25. The molecular weight excluding hydrogens is 278 g/mol. The van der Waals surface area contributed by atoms with Crippen LogP contribution >= 0.6 is 0 Å². The Labute approximate surface area is 130 Å². The molecule has 1 aliphatic rings. The summed E-state index contributed by atoms with van der Waals surface area (Å²) in [7, 11) is 0. The standard InChI is InChI=1S/C16H21N5O/c22-16(20-10-6-1-2-7-11-20)15(21-13-17-18-19-21)12-14-8-4-3-5-9-14/h3-5,8-9,13,15H,1-2,6-7,10-12H2/t15-/m1/s1. The number of nitrogens with zero attached hydrogens (tertiary/aromatic N) is 5. The van der Waals surface area contributed by atoms with Crippen molar-refractivity contribution < 1.29 is 4.79 Å². The molecule has 2 heterocycles. The van der Waals surface area contributed by atoms with Gasteiger partial charge in [-0.05, 0) is 28.8 Å². The molecule has 0 bridgehead atoms. The van der Waals surface area contributed by atoms with Gasteiger partial charge in [-0.25, -0.2) is 4.68 Å². The summed E-state index contributed by atoms with van der Waals surface area (Å²) in [6, 6.07) is 9.66. The molecule has 1 aliphatic heterocycles. The quantitative estimate of drug-likeness (QED) is 0.864. The molecule has 116 valence electrons. The molecule has 1 saturated heterocycles. The lowest BCUT2D eigenvalue weighted by atomic mass is 10.0. The third-order valence-corrected chi connectivity index (χ3v) is 4.16. The van der Waals surface area contributed by atoms with Crippen LogP contribution < -0.4 is 0 Å². The largest absolute Gasteiger partial charge is 0.341 e. The maximum atomic E-state index is 13.0. The molecule has 0 unspecified atom stereocenters. The lowest BCUT2D eigenvalue weighted by molar-refractivity contribution is -0.135. The van der Waals surface area contributed by atoms with Crippen molar-refractivity contribution in [2.45, 2.75) is 38.1 Å². The van der Waals surface area contributed by atoms with Gasteiger partial charge in [0.05, 0.1) is 0 Å². The van der Waals surface area contributed by atoms with Gasteiger partial charge in [0.15, 0.2) is 0 Å². The van der Waals surface area contributed by atoms with Crippen LogP contribution in [0.5, 0.6) is 0 Å². The van der Waals surface area contributed by atoms with Crippen molar-refractivity contribution in [3.05, 3.63) is 42.2 Å². The van der Waals surface area contributed by atoms with Gasteiger partial charge in [0.2, 0.25) is 5.91 Å². The number of tetrazole rings is 1. The van der Waals surface area contributed by atoms with Crippen molar-refractivity contribution in [2.75, 3.05) is 13.1 Å². The summed E-state index contributed by atoms with van der Waals surface area (Å²) < 4.78 is 1.58. The van der Waals surface area contributed by atoms with Crippen molar-refractivity contribution in [2.24, 2.45) is 0 Å². The number of likely N-dealkylation sites (tertiary alicyclic amines) is 1. The predicted octanol–water partition coefficient (Wildman–Crippen LogP) is 1.86. The molecule has 1 aromatic heterocycles. The number of amides is 1. The molecule has 1 aromatic carbocycles. The van der Waals surface area contributed by atoms with Crippen LogP contribution in [0.2, 0.25) is 0 Å². The molecule has 3 rings (SSSR count). The van der Waals surface area contributed by atoms with E-state index >= 15 is 0 Å². The minimum atomic E-state index is -0.365. The highest BCUT2D eigenvalue weighted by Crippen LogP contribution is 2.19. The van der Waals surface area contributed by atoms with Gasteiger partial charge in [-0.3, -0.25) is 4.79 Å². The summed E-state index contributed by atoms with van der Waals surface area (Å²) in [5.74, 6) is 0.123. The highest BCUT2D eigenvalue weighted by molar-refractivity contribution is 5.80. The van der Waals surface area contributed by atoms with E-state index in [0.29, 0.717) is 6.42 Å². The first-order valence-corrected chi connectivity index (χ1v) is 7.90. The Balaban J connectivity index is 1.80. The molecule has 1 amide bonds. The smallest absolute Gasteiger partial charge is 0.247 e. The molecule has 0 saturated carbocycles. The van der Waals surface area contributed by atoms with E-state index in [0.717, 1.165) is 31.5 Å². The Kier molecular flexibility index (Phi) is 4.78. The van der Waals surface area contributed by atoms with Gasteiger partial charge in [-0.2, -0.15) is 0 Å². The Morgan fingerprint density at radius 3 is 2.45 bits per heavy atom. The molecule has 0 N–H and O–H groups in total. The van der Waals surface area contributed by atoms with Crippen LogP contribution in [-0.4, -0.2) is 44.1 Å². The number of benzene rings is 1. The summed E-state index contributed by atoms with van der Waals surface area (Å²) in [5, 5.41) is 11.3. The predicted molar refractivity (Wildman–Crippen MR) is 82.0 cm³/mol. The van der Waals surface area contributed by atoms with Crippen molar-refractivity contribution in [3.63, 3.8) is 0 Å². The van der Waals surface area contributed by atoms with Crippen LogP contribution in [-0.2, 0) is 11.2 Å². The maximum absolute atomic E-state index is 13.0. The number of hydrogen-bond donors (Lipinski definition) is 0. The molecule has 1 atom stereocenters. The van der Waals surface area contributed by atoms with Gasteiger partial charge in [-0.1, -0.05) is 43.2 Å². The first-order valence-electron chi connectivity index (χ1n) is 7.90. The van der Waals surface area contributed by atoms with Crippen molar-refractivity contribution in [1.29, 1.82) is 0 Å². The van der Waals surface area contributed by atoms with Gasteiger partial charge in [-0.15, -0.1) is 5.10 Å². The average molecular weight is 299 g/mol. The van der Waals surface area contributed by atoms with E-state index in [4.69, 9.17) is 0 Å².